The molecule has 1 saturated heterocycles. The maximum absolute atomic E-state index is 12.9. The molecular formula is C14H19N3O2S. The molecule has 2 atom stereocenters. The van der Waals surface area contributed by atoms with Gasteiger partial charge in [0.2, 0.25) is 0 Å². The number of imidazole rings is 1. The maximum atomic E-state index is 12.9. The fourth-order valence-electron chi connectivity index (χ4n) is 2.84. The second-order valence-corrected chi connectivity index (χ2v) is 6.34. The summed E-state index contributed by atoms with van der Waals surface area (Å²) >= 11 is 1.57. The number of morpholine rings is 1. The normalized spacial score (nSPS) is 23.5. The van der Waals surface area contributed by atoms with Crippen molar-refractivity contribution in [2.75, 3.05) is 13.1 Å². The molecule has 1 aliphatic rings. The fraction of sp³-hybridized carbons (Fsp3) is 0.571. The van der Waals surface area contributed by atoms with Gasteiger partial charge in [0.25, 0.3) is 5.91 Å². The summed E-state index contributed by atoms with van der Waals surface area (Å²) in [7, 11) is 0. The van der Waals surface area contributed by atoms with Crippen molar-refractivity contribution < 1.29 is 9.53 Å². The number of thiazole rings is 1. The van der Waals surface area contributed by atoms with Gasteiger partial charge in [-0.25, -0.2) is 4.98 Å². The molecule has 20 heavy (non-hydrogen) atoms. The Morgan fingerprint density at radius 1 is 1.35 bits per heavy atom. The highest BCUT2D eigenvalue weighted by Crippen LogP contribution is 2.23. The molecule has 1 aliphatic heterocycles. The molecule has 0 N–H and O–H groups in total. The zero-order chi connectivity index (χ0) is 14.4. The highest BCUT2D eigenvalue weighted by atomic mass is 32.1. The van der Waals surface area contributed by atoms with Crippen LogP contribution in [-0.2, 0) is 4.74 Å². The number of hydrogen-bond acceptors (Lipinski definition) is 4. The molecule has 0 bridgehead atoms. The summed E-state index contributed by atoms with van der Waals surface area (Å²) in [5, 5.41) is 2.03. The van der Waals surface area contributed by atoms with E-state index in [0.717, 1.165) is 16.3 Å². The molecular weight excluding hydrogens is 274 g/mol. The lowest BCUT2D eigenvalue weighted by atomic mass is 10.2. The number of nitrogens with zero attached hydrogens (tertiary/aromatic N) is 3. The van der Waals surface area contributed by atoms with Crippen LogP contribution < -0.4 is 0 Å². The Bertz CT molecular complexity index is 651. The third-order valence-electron chi connectivity index (χ3n) is 3.62. The van der Waals surface area contributed by atoms with E-state index >= 15 is 0 Å². The van der Waals surface area contributed by atoms with Crippen LogP contribution in [0.3, 0.4) is 0 Å². The van der Waals surface area contributed by atoms with Gasteiger partial charge in [0.15, 0.2) is 4.96 Å². The quantitative estimate of drug-likeness (QED) is 0.810. The molecule has 0 aliphatic carbocycles. The van der Waals surface area contributed by atoms with Crippen LogP contribution in [0.15, 0.2) is 5.38 Å². The summed E-state index contributed by atoms with van der Waals surface area (Å²) < 4.78 is 7.66. The van der Waals surface area contributed by atoms with E-state index in [2.05, 4.69) is 4.98 Å². The fourth-order valence-corrected chi connectivity index (χ4v) is 3.76. The molecule has 108 valence electrons. The van der Waals surface area contributed by atoms with E-state index in [1.807, 2.05) is 42.4 Å². The highest BCUT2D eigenvalue weighted by molar-refractivity contribution is 7.15. The van der Waals surface area contributed by atoms with Crippen molar-refractivity contribution in [2.45, 2.75) is 39.9 Å². The van der Waals surface area contributed by atoms with Gasteiger partial charge < -0.3 is 9.64 Å². The van der Waals surface area contributed by atoms with E-state index in [4.69, 9.17) is 4.74 Å². The molecule has 2 aromatic rings. The number of aromatic nitrogens is 2. The number of aryl methyl sites for hydroxylation is 2. The average molecular weight is 293 g/mol. The number of ether oxygens (including phenoxy) is 1. The van der Waals surface area contributed by atoms with Gasteiger partial charge in [-0.15, -0.1) is 11.3 Å². The van der Waals surface area contributed by atoms with Gasteiger partial charge in [-0.1, -0.05) is 0 Å². The maximum Gasteiger partial charge on any atom is 0.272 e. The summed E-state index contributed by atoms with van der Waals surface area (Å²) in [5.74, 6) is 0.0542. The van der Waals surface area contributed by atoms with Crippen LogP contribution in [0.4, 0.5) is 0 Å². The predicted octanol–water partition coefficient (Wildman–Crippen LogP) is 2.26. The van der Waals surface area contributed by atoms with Gasteiger partial charge >= 0.3 is 0 Å². The van der Waals surface area contributed by atoms with Crippen LogP contribution in [0.1, 0.15) is 35.7 Å². The molecule has 5 nitrogen and oxygen atoms in total. The standard InChI is InChI=1S/C14H19N3O2S/c1-8-7-20-14-15-11(4)12(17(8)14)13(18)16-5-9(2)19-10(3)6-16/h7,9-10H,5-6H2,1-4H3. The van der Waals surface area contributed by atoms with Crippen molar-refractivity contribution in [1.29, 1.82) is 0 Å². The van der Waals surface area contributed by atoms with E-state index in [1.165, 1.54) is 0 Å². The highest BCUT2D eigenvalue weighted by Gasteiger charge is 2.30. The van der Waals surface area contributed by atoms with Crippen molar-refractivity contribution in [2.24, 2.45) is 0 Å². The molecule has 2 aromatic heterocycles. The van der Waals surface area contributed by atoms with Crippen molar-refractivity contribution >= 4 is 22.2 Å². The third kappa shape index (κ3) is 2.13. The average Bonchev–Trinajstić information content (AvgIpc) is 2.87. The Labute approximate surface area is 122 Å². The van der Waals surface area contributed by atoms with Crippen molar-refractivity contribution in [3.05, 3.63) is 22.5 Å². The van der Waals surface area contributed by atoms with E-state index in [0.29, 0.717) is 18.8 Å². The van der Waals surface area contributed by atoms with E-state index in [-0.39, 0.29) is 18.1 Å². The smallest absolute Gasteiger partial charge is 0.272 e. The lowest BCUT2D eigenvalue weighted by molar-refractivity contribution is -0.0587. The minimum Gasteiger partial charge on any atom is -0.372 e. The zero-order valence-corrected chi connectivity index (χ0v) is 13.0. The lowest BCUT2D eigenvalue weighted by Gasteiger charge is -2.35. The summed E-state index contributed by atoms with van der Waals surface area (Å²) in [6, 6.07) is 0. The van der Waals surface area contributed by atoms with Crippen LogP contribution in [0.25, 0.3) is 4.96 Å². The Kier molecular flexibility index (Phi) is 3.30. The van der Waals surface area contributed by atoms with E-state index < -0.39 is 0 Å². The van der Waals surface area contributed by atoms with Crippen molar-refractivity contribution in [3.8, 4) is 0 Å². The minimum atomic E-state index is 0.0542. The van der Waals surface area contributed by atoms with Crippen LogP contribution in [0, 0.1) is 13.8 Å². The number of hydrogen-bond donors (Lipinski definition) is 0. The Morgan fingerprint density at radius 3 is 2.65 bits per heavy atom. The second-order valence-electron chi connectivity index (χ2n) is 5.51. The van der Waals surface area contributed by atoms with Crippen molar-refractivity contribution in [3.63, 3.8) is 0 Å². The predicted molar refractivity (Wildman–Crippen MR) is 78.5 cm³/mol. The first-order valence-electron chi connectivity index (χ1n) is 6.85. The zero-order valence-electron chi connectivity index (χ0n) is 12.2. The van der Waals surface area contributed by atoms with Gasteiger partial charge in [0.05, 0.1) is 17.9 Å². The molecule has 0 radical (unpaired) electrons. The molecule has 3 heterocycles. The molecule has 0 saturated carbocycles. The second kappa shape index (κ2) is 4.86. The van der Waals surface area contributed by atoms with Crippen LogP contribution in [0.2, 0.25) is 0 Å². The van der Waals surface area contributed by atoms with Crippen LogP contribution >= 0.6 is 11.3 Å². The molecule has 0 spiro atoms. The topological polar surface area (TPSA) is 46.8 Å². The Morgan fingerprint density at radius 2 is 2.00 bits per heavy atom. The van der Waals surface area contributed by atoms with Crippen LogP contribution in [-0.4, -0.2) is 45.5 Å². The SMILES string of the molecule is Cc1nc2scc(C)n2c1C(=O)N1CC(C)OC(C)C1. The number of carbonyl (C=O) groups excluding carboxylic acids is 1. The van der Waals surface area contributed by atoms with Gasteiger partial charge in [0.1, 0.15) is 5.69 Å². The first kappa shape index (κ1) is 13.6. The number of fused-ring (bicyclic) bond motifs is 1. The van der Waals surface area contributed by atoms with Gasteiger partial charge in [0, 0.05) is 24.2 Å². The molecule has 0 aromatic carbocycles. The van der Waals surface area contributed by atoms with Crippen LogP contribution in [0.5, 0.6) is 0 Å². The van der Waals surface area contributed by atoms with E-state index in [9.17, 15) is 4.79 Å². The van der Waals surface area contributed by atoms with Gasteiger partial charge in [-0.05, 0) is 27.7 Å². The molecule has 6 heteroatoms. The monoisotopic (exact) mass is 293 g/mol. The summed E-state index contributed by atoms with van der Waals surface area (Å²) in [5.41, 5.74) is 2.56. The van der Waals surface area contributed by atoms with Crippen molar-refractivity contribution in [1.82, 2.24) is 14.3 Å². The minimum absolute atomic E-state index is 0.0542. The number of carbonyl (C=O) groups is 1. The Balaban J connectivity index is 2.00. The third-order valence-corrected chi connectivity index (χ3v) is 4.56. The van der Waals surface area contributed by atoms with Gasteiger partial charge in [-0.3, -0.25) is 9.20 Å². The number of rotatable bonds is 1. The summed E-state index contributed by atoms with van der Waals surface area (Å²) in [6.45, 7) is 9.19. The molecule has 2 unspecified atom stereocenters. The summed E-state index contributed by atoms with van der Waals surface area (Å²) in [6.07, 6.45) is 0.157. The van der Waals surface area contributed by atoms with Gasteiger partial charge in [-0.2, -0.15) is 0 Å². The van der Waals surface area contributed by atoms with E-state index in [1.54, 1.807) is 11.3 Å². The Hall–Kier alpha value is -1.40. The first-order valence-corrected chi connectivity index (χ1v) is 7.73. The largest absolute Gasteiger partial charge is 0.372 e. The number of amides is 1. The first-order chi connectivity index (χ1) is 9.47. The molecule has 1 amide bonds. The lowest BCUT2D eigenvalue weighted by Crippen LogP contribution is -2.48. The molecule has 3 rings (SSSR count). The molecule has 1 fully saturated rings. The summed E-state index contributed by atoms with van der Waals surface area (Å²) in [4.78, 5) is 20.1.